The fourth-order valence-corrected chi connectivity index (χ4v) is 3.05. The number of aryl methyl sites for hydroxylation is 1. The first kappa shape index (κ1) is 20.0. The fraction of sp³-hybridized carbons (Fsp3) is 0.364. The van der Waals surface area contributed by atoms with Gasteiger partial charge in [0.15, 0.2) is 6.10 Å². The van der Waals surface area contributed by atoms with E-state index < -0.39 is 12.1 Å². The standard InChI is InChI=1S/C22H26N2O4/c1-16-3-9-20(10-4-16)23-21(25)17(2)28-22(26)19-7-5-18(6-8-19)15-24-11-13-27-14-12-24/h3-10,17H,11-15H2,1-2H3,(H,23,25)/p+1/t17-/m1/s1. The molecule has 0 radical (unpaired) electrons. The van der Waals surface area contributed by atoms with Gasteiger partial charge in [-0.2, -0.15) is 0 Å². The Labute approximate surface area is 165 Å². The van der Waals surface area contributed by atoms with Crippen LogP contribution in [0.3, 0.4) is 0 Å². The van der Waals surface area contributed by atoms with E-state index in [1.165, 1.54) is 10.5 Å². The zero-order valence-corrected chi connectivity index (χ0v) is 16.4. The number of carbonyl (C=O) groups is 2. The normalized spacial score (nSPS) is 15.6. The highest BCUT2D eigenvalue weighted by Crippen LogP contribution is 2.11. The van der Waals surface area contributed by atoms with E-state index in [2.05, 4.69) is 5.32 Å². The number of morpholine rings is 1. The average molecular weight is 383 g/mol. The van der Waals surface area contributed by atoms with Crippen molar-refractivity contribution in [3.63, 3.8) is 0 Å². The maximum absolute atomic E-state index is 12.3. The maximum Gasteiger partial charge on any atom is 0.338 e. The number of carbonyl (C=O) groups excluding carboxylic acids is 2. The molecule has 28 heavy (non-hydrogen) atoms. The minimum absolute atomic E-state index is 0.357. The molecule has 0 aromatic heterocycles. The molecule has 2 N–H and O–H groups in total. The first-order chi connectivity index (χ1) is 13.5. The number of hydrogen-bond donors (Lipinski definition) is 2. The summed E-state index contributed by atoms with van der Waals surface area (Å²) < 4.78 is 10.7. The molecule has 3 rings (SSSR count). The van der Waals surface area contributed by atoms with E-state index in [-0.39, 0.29) is 5.91 Å². The topological polar surface area (TPSA) is 69.1 Å². The highest BCUT2D eigenvalue weighted by Gasteiger charge is 2.19. The van der Waals surface area contributed by atoms with E-state index in [0.29, 0.717) is 11.3 Å². The number of rotatable bonds is 6. The Kier molecular flexibility index (Phi) is 6.79. The Morgan fingerprint density at radius 2 is 1.71 bits per heavy atom. The monoisotopic (exact) mass is 383 g/mol. The van der Waals surface area contributed by atoms with Gasteiger partial charge >= 0.3 is 5.97 Å². The molecule has 148 valence electrons. The number of hydrogen-bond acceptors (Lipinski definition) is 4. The quantitative estimate of drug-likeness (QED) is 0.744. The highest BCUT2D eigenvalue weighted by molar-refractivity contribution is 5.97. The predicted octanol–water partition coefficient (Wildman–Crippen LogP) is 1.59. The van der Waals surface area contributed by atoms with Crippen LogP contribution in [-0.4, -0.2) is 44.3 Å². The highest BCUT2D eigenvalue weighted by atomic mass is 16.5. The van der Waals surface area contributed by atoms with Crippen LogP contribution in [0.5, 0.6) is 0 Å². The molecule has 0 unspecified atom stereocenters. The van der Waals surface area contributed by atoms with Gasteiger partial charge in [-0.15, -0.1) is 0 Å². The van der Waals surface area contributed by atoms with Gasteiger partial charge in [-0.3, -0.25) is 4.79 Å². The summed E-state index contributed by atoms with van der Waals surface area (Å²) in [6.07, 6.45) is -0.883. The molecule has 0 saturated carbocycles. The molecule has 1 aliphatic rings. The third kappa shape index (κ3) is 5.65. The van der Waals surface area contributed by atoms with Crippen molar-refractivity contribution in [2.24, 2.45) is 0 Å². The van der Waals surface area contributed by atoms with Gasteiger partial charge in [-0.25, -0.2) is 4.79 Å². The van der Waals surface area contributed by atoms with Crippen LogP contribution < -0.4 is 10.2 Å². The van der Waals surface area contributed by atoms with E-state index in [9.17, 15) is 9.59 Å². The predicted molar refractivity (Wildman–Crippen MR) is 106 cm³/mol. The molecular weight excluding hydrogens is 356 g/mol. The number of amides is 1. The Balaban J connectivity index is 1.51. The number of benzene rings is 2. The summed E-state index contributed by atoms with van der Waals surface area (Å²) in [5.74, 6) is -0.860. The number of anilines is 1. The Morgan fingerprint density at radius 1 is 1.07 bits per heavy atom. The van der Waals surface area contributed by atoms with Crippen molar-refractivity contribution in [1.29, 1.82) is 0 Å². The lowest BCUT2D eigenvalue weighted by molar-refractivity contribution is -0.921. The Hall–Kier alpha value is -2.70. The molecule has 1 atom stereocenters. The molecule has 0 spiro atoms. The van der Waals surface area contributed by atoms with Crippen LogP contribution in [0.1, 0.15) is 28.4 Å². The van der Waals surface area contributed by atoms with Crippen LogP contribution in [0, 0.1) is 6.92 Å². The number of quaternary nitrogens is 1. The lowest BCUT2D eigenvalue weighted by atomic mass is 10.1. The minimum Gasteiger partial charge on any atom is -0.449 e. The van der Waals surface area contributed by atoms with Gasteiger partial charge in [0.1, 0.15) is 19.6 Å². The van der Waals surface area contributed by atoms with Crippen molar-refractivity contribution in [3.05, 3.63) is 65.2 Å². The number of ether oxygens (including phenoxy) is 2. The fourth-order valence-electron chi connectivity index (χ4n) is 3.05. The second-order valence-corrected chi connectivity index (χ2v) is 7.14. The van der Waals surface area contributed by atoms with Crippen molar-refractivity contribution in [2.45, 2.75) is 26.5 Å². The second kappa shape index (κ2) is 9.48. The second-order valence-electron chi connectivity index (χ2n) is 7.14. The molecular formula is C22H27N2O4+. The average Bonchev–Trinajstić information content (AvgIpc) is 2.71. The summed E-state index contributed by atoms with van der Waals surface area (Å²) in [6.45, 7) is 8.04. The zero-order valence-electron chi connectivity index (χ0n) is 16.4. The van der Waals surface area contributed by atoms with Crippen LogP contribution in [-0.2, 0) is 20.8 Å². The molecule has 2 aromatic rings. The van der Waals surface area contributed by atoms with Crippen LogP contribution in [0.15, 0.2) is 48.5 Å². The van der Waals surface area contributed by atoms with Crippen molar-refractivity contribution < 1.29 is 24.0 Å². The number of nitrogens with one attached hydrogen (secondary N) is 2. The Morgan fingerprint density at radius 3 is 2.36 bits per heavy atom. The van der Waals surface area contributed by atoms with Crippen LogP contribution >= 0.6 is 0 Å². The lowest BCUT2D eigenvalue weighted by Gasteiger charge is -2.23. The summed E-state index contributed by atoms with van der Waals surface area (Å²) in [5, 5.41) is 2.75. The van der Waals surface area contributed by atoms with Crippen LogP contribution in [0.2, 0.25) is 0 Å². The van der Waals surface area contributed by atoms with Crippen molar-refractivity contribution in [1.82, 2.24) is 0 Å². The molecule has 1 heterocycles. The first-order valence-corrected chi connectivity index (χ1v) is 9.60. The van der Waals surface area contributed by atoms with E-state index in [1.807, 2.05) is 43.3 Å². The molecule has 0 bridgehead atoms. The first-order valence-electron chi connectivity index (χ1n) is 9.60. The van der Waals surface area contributed by atoms with Gasteiger partial charge in [-0.05, 0) is 38.1 Å². The van der Waals surface area contributed by atoms with Crippen molar-refractivity contribution in [2.75, 3.05) is 31.6 Å². The molecule has 6 nitrogen and oxygen atoms in total. The molecule has 6 heteroatoms. The summed E-state index contributed by atoms with van der Waals surface area (Å²) >= 11 is 0. The van der Waals surface area contributed by atoms with Gasteiger partial charge in [-0.1, -0.05) is 29.8 Å². The maximum atomic E-state index is 12.3. The molecule has 1 fully saturated rings. The third-order valence-corrected chi connectivity index (χ3v) is 4.82. The third-order valence-electron chi connectivity index (χ3n) is 4.82. The molecule has 0 aliphatic carbocycles. The van der Waals surface area contributed by atoms with Crippen molar-refractivity contribution >= 4 is 17.6 Å². The van der Waals surface area contributed by atoms with Gasteiger partial charge < -0.3 is 19.7 Å². The zero-order chi connectivity index (χ0) is 19.9. The minimum atomic E-state index is -0.883. The molecule has 1 amide bonds. The molecule has 1 aliphatic heterocycles. The van der Waals surface area contributed by atoms with Gasteiger partial charge in [0.2, 0.25) is 0 Å². The Bertz CT molecular complexity index is 796. The summed E-state index contributed by atoms with van der Waals surface area (Å²) in [6, 6.07) is 14.8. The van der Waals surface area contributed by atoms with E-state index in [4.69, 9.17) is 9.47 Å². The number of esters is 1. The summed E-state index contributed by atoms with van der Waals surface area (Å²) in [4.78, 5) is 26.0. The van der Waals surface area contributed by atoms with Gasteiger partial charge in [0.05, 0.1) is 18.8 Å². The largest absolute Gasteiger partial charge is 0.449 e. The summed E-state index contributed by atoms with van der Waals surface area (Å²) in [7, 11) is 0. The SMILES string of the molecule is Cc1ccc(NC(=O)[C@@H](C)OC(=O)c2ccc(C[NH+]3CCOCC3)cc2)cc1. The van der Waals surface area contributed by atoms with E-state index >= 15 is 0 Å². The van der Waals surface area contributed by atoms with Crippen LogP contribution in [0.4, 0.5) is 5.69 Å². The van der Waals surface area contributed by atoms with E-state index in [0.717, 1.165) is 38.4 Å². The molecule has 2 aromatic carbocycles. The van der Waals surface area contributed by atoms with Gasteiger partial charge in [0, 0.05) is 11.3 Å². The molecule has 1 saturated heterocycles. The van der Waals surface area contributed by atoms with E-state index in [1.54, 1.807) is 19.1 Å². The van der Waals surface area contributed by atoms with Crippen molar-refractivity contribution in [3.8, 4) is 0 Å². The van der Waals surface area contributed by atoms with Crippen LogP contribution in [0.25, 0.3) is 0 Å². The van der Waals surface area contributed by atoms with Gasteiger partial charge in [0.25, 0.3) is 5.91 Å². The lowest BCUT2D eigenvalue weighted by Crippen LogP contribution is -3.12. The summed E-state index contributed by atoms with van der Waals surface area (Å²) in [5.41, 5.74) is 3.39. The smallest absolute Gasteiger partial charge is 0.338 e.